The standard InChI is InChI=1S/C19H35N/c1-15-5-4-6-16(13-15)11-12-20-19-10-9-17-7-2-3-8-18(17)14-19/h15-20H,2-14H2,1H3. The van der Waals surface area contributed by atoms with Gasteiger partial charge in [-0.25, -0.2) is 0 Å². The Kier molecular flexibility index (Phi) is 5.42. The van der Waals surface area contributed by atoms with E-state index in [-0.39, 0.29) is 0 Å². The van der Waals surface area contributed by atoms with E-state index in [2.05, 4.69) is 12.2 Å². The van der Waals surface area contributed by atoms with Crippen LogP contribution in [0.4, 0.5) is 0 Å². The Balaban J connectivity index is 1.34. The predicted molar refractivity (Wildman–Crippen MR) is 86.8 cm³/mol. The summed E-state index contributed by atoms with van der Waals surface area (Å²) in [5.41, 5.74) is 0. The zero-order chi connectivity index (χ0) is 13.8. The van der Waals surface area contributed by atoms with Gasteiger partial charge in [0.1, 0.15) is 0 Å². The number of rotatable bonds is 4. The SMILES string of the molecule is CC1CCCC(CCNC2CCC3CCCCC3C2)C1. The highest BCUT2D eigenvalue weighted by molar-refractivity contribution is 4.86. The van der Waals surface area contributed by atoms with Gasteiger partial charge in [0.05, 0.1) is 0 Å². The summed E-state index contributed by atoms with van der Waals surface area (Å²) in [5.74, 6) is 4.19. The van der Waals surface area contributed by atoms with E-state index in [0.29, 0.717) is 0 Å². The van der Waals surface area contributed by atoms with Crippen molar-refractivity contribution in [2.45, 2.75) is 90.0 Å². The van der Waals surface area contributed by atoms with Crippen LogP contribution in [0, 0.1) is 23.7 Å². The minimum Gasteiger partial charge on any atom is -0.314 e. The maximum Gasteiger partial charge on any atom is 0.00699 e. The molecule has 20 heavy (non-hydrogen) atoms. The van der Waals surface area contributed by atoms with Crippen LogP contribution in [-0.2, 0) is 0 Å². The first-order valence-electron chi connectivity index (χ1n) is 9.54. The summed E-state index contributed by atoms with van der Waals surface area (Å²) in [6.45, 7) is 3.74. The second-order valence-electron chi connectivity index (χ2n) is 8.20. The van der Waals surface area contributed by atoms with Crippen LogP contribution in [0.1, 0.15) is 84.0 Å². The molecule has 0 aromatic rings. The molecule has 1 nitrogen and oxygen atoms in total. The highest BCUT2D eigenvalue weighted by atomic mass is 14.9. The van der Waals surface area contributed by atoms with E-state index >= 15 is 0 Å². The Labute approximate surface area is 126 Å². The van der Waals surface area contributed by atoms with Crippen molar-refractivity contribution in [1.29, 1.82) is 0 Å². The van der Waals surface area contributed by atoms with Gasteiger partial charge in [-0.05, 0) is 62.3 Å². The van der Waals surface area contributed by atoms with E-state index in [1.165, 1.54) is 83.6 Å². The maximum atomic E-state index is 3.92. The molecule has 5 unspecified atom stereocenters. The van der Waals surface area contributed by atoms with Gasteiger partial charge in [-0.3, -0.25) is 0 Å². The molecule has 3 aliphatic carbocycles. The third kappa shape index (κ3) is 4.00. The zero-order valence-electron chi connectivity index (χ0n) is 13.6. The van der Waals surface area contributed by atoms with Crippen molar-refractivity contribution < 1.29 is 0 Å². The average molecular weight is 277 g/mol. The molecule has 0 spiro atoms. The van der Waals surface area contributed by atoms with Crippen molar-refractivity contribution in [2.24, 2.45) is 23.7 Å². The summed E-state index contributed by atoms with van der Waals surface area (Å²) in [6, 6.07) is 0.857. The van der Waals surface area contributed by atoms with E-state index in [0.717, 1.165) is 29.7 Å². The van der Waals surface area contributed by atoms with Gasteiger partial charge in [0.2, 0.25) is 0 Å². The molecule has 0 aromatic heterocycles. The van der Waals surface area contributed by atoms with Crippen LogP contribution in [0.2, 0.25) is 0 Å². The van der Waals surface area contributed by atoms with E-state index in [4.69, 9.17) is 0 Å². The second-order valence-corrected chi connectivity index (χ2v) is 8.20. The summed E-state index contributed by atoms with van der Waals surface area (Å²) in [5, 5.41) is 3.92. The largest absolute Gasteiger partial charge is 0.314 e. The molecule has 1 heteroatoms. The van der Waals surface area contributed by atoms with Crippen LogP contribution in [0.15, 0.2) is 0 Å². The smallest absolute Gasteiger partial charge is 0.00699 e. The minimum absolute atomic E-state index is 0.857. The third-order valence-electron chi connectivity index (χ3n) is 6.57. The molecule has 0 radical (unpaired) electrons. The summed E-state index contributed by atoms with van der Waals surface area (Å²) in [4.78, 5) is 0. The Morgan fingerprint density at radius 2 is 1.65 bits per heavy atom. The summed E-state index contributed by atoms with van der Waals surface area (Å²) in [7, 11) is 0. The molecule has 0 bridgehead atoms. The molecule has 0 amide bonds. The number of nitrogens with one attached hydrogen (secondary N) is 1. The van der Waals surface area contributed by atoms with Crippen LogP contribution < -0.4 is 5.32 Å². The fourth-order valence-electron chi connectivity index (χ4n) is 5.37. The molecule has 1 N–H and O–H groups in total. The summed E-state index contributed by atoms with van der Waals surface area (Å²) in [6.07, 6.45) is 18.0. The van der Waals surface area contributed by atoms with Crippen LogP contribution in [0.25, 0.3) is 0 Å². The van der Waals surface area contributed by atoms with Gasteiger partial charge in [0.25, 0.3) is 0 Å². The van der Waals surface area contributed by atoms with Crippen molar-refractivity contribution in [3.05, 3.63) is 0 Å². The minimum atomic E-state index is 0.857. The van der Waals surface area contributed by atoms with Crippen LogP contribution in [0.5, 0.6) is 0 Å². The van der Waals surface area contributed by atoms with Crippen molar-refractivity contribution in [3.63, 3.8) is 0 Å². The molecule has 0 saturated heterocycles. The number of hydrogen-bond acceptors (Lipinski definition) is 1. The van der Waals surface area contributed by atoms with Gasteiger partial charge in [0.15, 0.2) is 0 Å². The number of fused-ring (bicyclic) bond motifs is 1. The molecule has 3 saturated carbocycles. The van der Waals surface area contributed by atoms with Gasteiger partial charge in [-0.15, -0.1) is 0 Å². The molecule has 0 heterocycles. The van der Waals surface area contributed by atoms with Crippen molar-refractivity contribution in [2.75, 3.05) is 6.54 Å². The fourth-order valence-corrected chi connectivity index (χ4v) is 5.37. The van der Waals surface area contributed by atoms with E-state index in [9.17, 15) is 0 Å². The molecular weight excluding hydrogens is 242 g/mol. The molecule has 3 rings (SSSR count). The maximum absolute atomic E-state index is 3.92. The van der Waals surface area contributed by atoms with Gasteiger partial charge >= 0.3 is 0 Å². The highest BCUT2D eigenvalue weighted by Crippen LogP contribution is 2.40. The summed E-state index contributed by atoms with van der Waals surface area (Å²) < 4.78 is 0. The fraction of sp³-hybridized carbons (Fsp3) is 1.00. The predicted octanol–water partition coefficient (Wildman–Crippen LogP) is 5.15. The molecule has 0 aromatic carbocycles. The first-order valence-corrected chi connectivity index (χ1v) is 9.54. The van der Waals surface area contributed by atoms with Gasteiger partial charge in [-0.1, -0.05) is 51.9 Å². The van der Waals surface area contributed by atoms with Gasteiger partial charge in [-0.2, -0.15) is 0 Å². The molecule has 116 valence electrons. The van der Waals surface area contributed by atoms with Crippen LogP contribution >= 0.6 is 0 Å². The average Bonchev–Trinajstić information content (AvgIpc) is 2.47. The molecule has 3 aliphatic rings. The van der Waals surface area contributed by atoms with E-state index in [1.807, 2.05) is 0 Å². The van der Waals surface area contributed by atoms with Gasteiger partial charge in [0, 0.05) is 6.04 Å². The monoisotopic (exact) mass is 277 g/mol. The Bertz CT molecular complexity index is 287. The highest BCUT2D eigenvalue weighted by Gasteiger charge is 2.31. The normalized spacial score (nSPS) is 42.1. The Hall–Kier alpha value is -0.0400. The van der Waals surface area contributed by atoms with Gasteiger partial charge < -0.3 is 5.32 Å². The first-order chi connectivity index (χ1) is 9.81. The lowest BCUT2D eigenvalue weighted by molar-refractivity contribution is 0.142. The lowest BCUT2D eigenvalue weighted by Gasteiger charge is -2.39. The molecular formula is C19H35N. The third-order valence-corrected chi connectivity index (χ3v) is 6.57. The van der Waals surface area contributed by atoms with Crippen LogP contribution in [-0.4, -0.2) is 12.6 Å². The first kappa shape index (κ1) is 14.9. The Morgan fingerprint density at radius 1 is 0.800 bits per heavy atom. The lowest BCUT2D eigenvalue weighted by atomic mass is 9.69. The van der Waals surface area contributed by atoms with E-state index < -0.39 is 0 Å². The van der Waals surface area contributed by atoms with Crippen LogP contribution in [0.3, 0.4) is 0 Å². The second kappa shape index (κ2) is 7.29. The van der Waals surface area contributed by atoms with E-state index in [1.54, 1.807) is 0 Å². The number of hydrogen-bond donors (Lipinski definition) is 1. The van der Waals surface area contributed by atoms with Crippen molar-refractivity contribution in [3.8, 4) is 0 Å². The zero-order valence-corrected chi connectivity index (χ0v) is 13.6. The Morgan fingerprint density at radius 3 is 2.50 bits per heavy atom. The van der Waals surface area contributed by atoms with Crippen molar-refractivity contribution in [1.82, 2.24) is 5.32 Å². The quantitative estimate of drug-likeness (QED) is 0.749. The molecule has 0 aliphatic heterocycles. The lowest BCUT2D eigenvalue weighted by Crippen LogP contribution is -2.39. The summed E-state index contributed by atoms with van der Waals surface area (Å²) >= 11 is 0. The molecule has 3 fully saturated rings. The van der Waals surface area contributed by atoms with Crippen molar-refractivity contribution >= 4 is 0 Å². The topological polar surface area (TPSA) is 12.0 Å². The molecule has 5 atom stereocenters.